The fourth-order valence-electron chi connectivity index (χ4n) is 5.19. The highest BCUT2D eigenvalue weighted by atomic mass is 16.5. The molecule has 34 heavy (non-hydrogen) atoms. The lowest BCUT2D eigenvalue weighted by Gasteiger charge is -2.41. The zero-order chi connectivity index (χ0) is 24.3. The van der Waals surface area contributed by atoms with E-state index in [1.807, 2.05) is 30.4 Å². The summed E-state index contributed by atoms with van der Waals surface area (Å²) in [6.07, 6.45) is 7.75. The Hall–Kier alpha value is -3.73. The van der Waals surface area contributed by atoms with E-state index in [0.717, 1.165) is 11.3 Å². The highest BCUT2D eigenvalue weighted by Crippen LogP contribution is 2.63. The molecule has 178 valence electrons. The summed E-state index contributed by atoms with van der Waals surface area (Å²) in [5.41, 5.74) is -0.620. The first-order chi connectivity index (χ1) is 16.4. The monoisotopic (exact) mass is 463 g/mol. The zero-order valence-electron chi connectivity index (χ0n) is 19.6. The molecule has 3 amide bonds. The Morgan fingerprint density at radius 1 is 1.41 bits per heavy atom. The Labute approximate surface area is 199 Å². The van der Waals surface area contributed by atoms with Crippen LogP contribution in [0.5, 0.6) is 5.75 Å². The first-order valence-electron chi connectivity index (χ1n) is 11.2. The topological polar surface area (TPSA) is 97.0 Å². The number of allylic oxidation sites excluding steroid dienone is 2. The van der Waals surface area contributed by atoms with Gasteiger partial charge in [-0.1, -0.05) is 24.1 Å². The van der Waals surface area contributed by atoms with Gasteiger partial charge < -0.3 is 25.0 Å². The van der Waals surface area contributed by atoms with Crippen LogP contribution in [0.2, 0.25) is 0 Å². The maximum absolute atomic E-state index is 13.4. The van der Waals surface area contributed by atoms with Gasteiger partial charge in [-0.3, -0.25) is 14.4 Å². The van der Waals surface area contributed by atoms with Crippen LogP contribution in [-0.2, 0) is 20.9 Å². The molecule has 0 spiro atoms. The lowest BCUT2D eigenvalue weighted by molar-refractivity contribution is -0.133. The van der Waals surface area contributed by atoms with Crippen LogP contribution >= 0.6 is 0 Å². The van der Waals surface area contributed by atoms with Crippen LogP contribution in [0, 0.1) is 23.2 Å². The first kappa shape index (κ1) is 23.4. The van der Waals surface area contributed by atoms with Gasteiger partial charge in [0.25, 0.3) is 5.91 Å². The number of methoxy groups -OCH3 is 1. The number of hydrogen-bond acceptors (Lipinski definition) is 5. The summed E-state index contributed by atoms with van der Waals surface area (Å²) in [6.45, 7) is 2.44. The smallest absolute Gasteiger partial charge is 0.254 e. The Morgan fingerprint density at radius 2 is 2.24 bits per heavy atom. The van der Waals surface area contributed by atoms with E-state index in [2.05, 4.69) is 22.5 Å². The van der Waals surface area contributed by atoms with E-state index >= 15 is 0 Å². The zero-order valence-corrected chi connectivity index (χ0v) is 19.6. The van der Waals surface area contributed by atoms with Crippen molar-refractivity contribution in [1.29, 1.82) is 0 Å². The van der Waals surface area contributed by atoms with E-state index in [-0.39, 0.29) is 24.3 Å². The normalized spacial score (nSPS) is 23.7. The number of hydrogen-bond donors (Lipinski definition) is 2. The molecule has 1 aromatic carbocycles. The molecule has 0 bridgehead atoms. The Kier molecular flexibility index (Phi) is 6.38. The molecule has 0 saturated heterocycles. The van der Waals surface area contributed by atoms with Crippen LogP contribution in [0.1, 0.15) is 35.7 Å². The highest BCUT2D eigenvalue weighted by molar-refractivity contribution is 6.00. The fourth-order valence-corrected chi connectivity index (χ4v) is 5.19. The molecule has 8 heteroatoms. The first-order valence-corrected chi connectivity index (χ1v) is 11.2. The second-order valence-corrected chi connectivity index (χ2v) is 8.74. The third-order valence-corrected chi connectivity index (χ3v) is 7.03. The number of carbonyl (C=O) groups is 3. The van der Waals surface area contributed by atoms with Crippen molar-refractivity contribution in [3.05, 3.63) is 53.3 Å². The van der Waals surface area contributed by atoms with Crippen molar-refractivity contribution >= 4 is 18.2 Å². The van der Waals surface area contributed by atoms with E-state index < -0.39 is 11.0 Å². The molecule has 1 fully saturated rings. The summed E-state index contributed by atoms with van der Waals surface area (Å²) in [7, 11) is 3.09. The van der Waals surface area contributed by atoms with Crippen molar-refractivity contribution in [1.82, 2.24) is 15.5 Å². The number of fused-ring (bicyclic) bond motifs is 2. The number of rotatable bonds is 9. The van der Waals surface area contributed by atoms with Gasteiger partial charge in [0.2, 0.25) is 12.3 Å². The van der Waals surface area contributed by atoms with Gasteiger partial charge in [-0.2, -0.15) is 0 Å². The van der Waals surface area contributed by atoms with Gasteiger partial charge >= 0.3 is 0 Å². The molecule has 1 heterocycles. The molecular formula is C26H29N3O5. The minimum Gasteiger partial charge on any atom is -0.497 e. The SMILES string of the molecule is CC#CCOC1=CC2CC2([C@](CN2Cc3ccc(OC)cc3C2=O)(NC=O)C(=O)NC)C=CC1. The Bertz CT molecular complexity index is 1130. The molecule has 3 atom stereocenters. The van der Waals surface area contributed by atoms with Gasteiger partial charge in [-0.15, -0.1) is 5.92 Å². The molecule has 1 aliphatic heterocycles. The highest BCUT2D eigenvalue weighted by Gasteiger charge is 2.68. The van der Waals surface area contributed by atoms with Crippen molar-refractivity contribution in [3.8, 4) is 17.6 Å². The number of likely N-dealkylation sites (N-methyl/N-ethyl adjacent to an activating group) is 1. The van der Waals surface area contributed by atoms with Gasteiger partial charge in [-0.05, 0) is 43.0 Å². The number of amides is 3. The molecule has 0 radical (unpaired) electrons. The Morgan fingerprint density at radius 3 is 2.94 bits per heavy atom. The summed E-state index contributed by atoms with van der Waals surface area (Å²) >= 11 is 0. The standard InChI is InChI=1S/C26H29N3O5/c1-4-5-11-34-21-7-6-10-25(14-19(25)12-21)26(28-17-30,24(32)27-2)16-29-15-18-8-9-20(33-3)13-22(18)23(29)31/h6,8-10,12-13,17,19H,7,11,14-16H2,1-3H3,(H,27,32)(H,28,30)/t19?,25?,26-/m1/s1. The van der Waals surface area contributed by atoms with Gasteiger partial charge in [-0.25, -0.2) is 0 Å². The predicted octanol–water partition coefficient (Wildman–Crippen LogP) is 1.77. The van der Waals surface area contributed by atoms with Gasteiger partial charge in [0.1, 0.15) is 17.9 Å². The summed E-state index contributed by atoms with van der Waals surface area (Å²) < 4.78 is 11.1. The van der Waals surface area contributed by atoms with Crippen molar-refractivity contribution in [2.24, 2.45) is 11.3 Å². The van der Waals surface area contributed by atoms with Crippen molar-refractivity contribution in [3.63, 3.8) is 0 Å². The van der Waals surface area contributed by atoms with E-state index in [0.29, 0.717) is 43.7 Å². The maximum Gasteiger partial charge on any atom is 0.254 e. The van der Waals surface area contributed by atoms with Crippen molar-refractivity contribution in [2.45, 2.75) is 31.8 Å². The predicted molar refractivity (Wildman–Crippen MR) is 126 cm³/mol. The van der Waals surface area contributed by atoms with Crippen LogP contribution in [0.15, 0.2) is 42.2 Å². The molecule has 0 aromatic heterocycles. The van der Waals surface area contributed by atoms with Crippen LogP contribution < -0.4 is 15.4 Å². The van der Waals surface area contributed by atoms with Crippen LogP contribution in [-0.4, -0.2) is 56.0 Å². The quantitative estimate of drug-likeness (QED) is 0.331. The minimum atomic E-state index is -1.35. The number of ether oxygens (including phenoxy) is 2. The molecule has 2 aliphatic carbocycles. The van der Waals surface area contributed by atoms with E-state index in [1.165, 1.54) is 7.05 Å². The van der Waals surface area contributed by atoms with Crippen LogP contribution in [0.25, 0.3) is 0 Å². The largest absolute Gasteiger partial charge is 0.497 e. The molecule has 1 aromatic rings. The third kappa shape index (κ3) is 3.81. The number of benzene rings is 1. The van der Waals surface area contributed by atoms with Gasteiger partial charge in [0.05, 0.1) is 19.4 Å². The molecule has 4 rings (SSSR count). The van der Waals surface area contributed by atoms with E-state index in [9.17, 15) is 14.4 Å². The van der Waals surface area contributed by atoms with Gasteiger partial charge in [0.15, 0.2) is 0 Å². The van der Waals surface area contributed by atoms with Crippen LogP contribution in [0.4, 0.5) is 0 Å². The Balaban J connectivity index is 1.67. The molecule has 3 aliphatic rings. The molecule has 1 saturated carbocycles. The summed E-state index contributed by atoms with van der Waals surface area (Å²) in [6, 6.07) is 5.38. The fraction of sp³-hybridized carbons (Fsp3) is 0.423. The van der Waals surface area contributed by atoms with Gasteiger partial charge in [0, 0.05) is 31.0 Å². The number of nitrogens with zero attached hydrogens (tertiary/aromatic N) is 1. The maximum atomic E-state index is 13.4. The average molecular weight is 464 g/mol. The molecule has 2 N–H and O–H groups in total. The summed E-state index contributed by atoms with van der Waals surface area (Å²) in [5.74, 6) is 6.51. The van der Waals surface area contributed by atoms with Crippen LogP contribution in [0.3, 0.4) is 0 Å². The number of nitrogens with one attached hydrogen (secondary N) is 2. The minimum absolute atomic E-state index is 0.0271. The lowest BCUT2D eigenvalue weighted by atomic mass is 9.77. The summed E-state index contributed by atoms with van der Waals surface area (Å²) in [5, 5.41) is 5.55. The molecule has 8 nitrogen and oxygen atoms in total. The third-order valence-electron chi connectivity index (χ3n) is 7.03. The molecular weight excluding hydrogens is 434 g/mol. The van der Waals surface area contributed by atoms with E-state index in [1.54, 1.807) is 25.0 Å². The molecule has 2 unspecified atom stereocenters. The van der Waals surface area contributed by atoms with Crippen molar-refractivity contribution in [2.75, 3.05) is 27.3 Å². The number of carbonyl (C=O) groups excluding carboxylic acids is 3. The van der Waals surface area contributed by atoms with Crippen molar-refractivity contribution < 1.29 is 23.9 Å². The lowest BCUT2D eigenvalue weighted by Crippen LogP contribution is -2.67. The second kappa shape index (κ2) is 9.26. The average Bonchev–Trinajstić information content (AvgIpc) is 3.50. The second-order valence-electron chi connectivity index (χ2n) is 8.74. The van der Waals surface area contributed by atoms with E-state index in [4.69, 9.17) is 9.47 Å². The summed E-state index contributed by atoms with van der Waals surface area (Å²) in [4.78, 5) is 40.2.